The summed E-state index contributed by atoms with van der Waals surface area (Å²) in [7, 11) is 0. The van der Waals surface area contributed by atoms with E-state index in [-0.39, 0.29) is 18.2 Å². The number of amides is 2. The van der Waals surface area contributed by atoms with Crippen LogP contribution in [0.4, 0.5) is 11.4 Å². The fourth-order valence-corrected chi connectivity index (χ4v) is 3.06. The third-order valence-corrected chi connectivity index (χ3v) is 4.63. The number of anilines is 2. The van der Waals surface area contributed by atoms with Crippen molar-refractivity contribution in [3.05, 3.63) is 58.1 Å². The third kappa shape index (κ3) is 5.60. The van der Waals surface area contributed by atoms with Gasteiger partial charge < -0.3 is 10.6 Å². The lowest BCUT2D eigenvalue weighted by atomic mass is 10.0. The standard InChI is InChI=1S/C19H22Cl2N4O2/c1-11(2)17(19(27)25-22)24-16(26)10-12-6-3-4-9-15(12)23-18-13(20)7-5-8-14(18)21/h3-9,11,17,23H,10,22H2,1-2H3,(H,24,26)(H,25,27). The van der Waals surface area contributed by atoms with Gasteiger partial charge in [0.1, 0.15) is 6.04 Å². The van der Waals surface area contributed by atoms with Crippen molar-refractivity contribution in [2.45, 2.75) is 26.3 Å². The Morgan fingerprint density at radius 3 is 2.26 bits per heavy atom. The molecule has 0 aliphatic carbocycles. The molecule has 0 fully saturated rings. The second kappa shape index (κ2) is 9.60. The number of carbonyl (C=O) groups excluding carboxylic acids is 2. The van der Waals surface area contributed by atoms with Gasteiger partial charge in [0, 0.05) is 5.69 Å². The molecule has 0 heterocycles. The largest absolute Gasteiger partial charge is 0.353 e. The van der Waals surface area contributed by atoms with Crippen LogP contribution >= 0.6 is 23.2 Å². The average molecular weight is 409 g/mol. The molecule has 2 amide bonds. The van der Waals surface area contributed by atoms with Gasteiger partial charge in [-0.3, -0.25) is 15.0 Å². The molecule has 0 saturated carbocycles. The average Bonchev–Trinajstić information content (AvgIpc) is 2.63. The maximum atomic E-state index is 12.5. The highest BCUT2D eigenvalue weighted by molar-refractivity contribution is 6.39. The first-order valence-corrected chi connectivity index (χ1v) is 9.17. The van der Waals surface area contributed by atoms with E-state index in [1.807, 2.05) is 38.1 Å². The fraction of sp³-hybridized carbons (Fsp3) is 0.263. The lowest BCUT2D eigenvalue weighted by molar-refractivity contribution is -0.129. The Bertz CT molecular complexity index is 807. The molecule has 5 N–H and O–H groups in total. The van der Waals surface area contributed by atoms with Crippen LogP contribution in [0.5, 0.6) is 0 Å². The maximum absolute atomic E-state index is 12.5. The van der Waals surface area contributed by atoms with Crippen LogP contribution in [0.1, 0.15) is 19.4 Å². The third-order valence-electron chi connectivity index (χ3n) is 4.00. The summed E-state index contributed by atoms with van der Waals surface area (Å²) in [4.78, 5) is 24.3. The van der Waals surface area contributed by atoms with E-state index in [1.54, 1.807) is 18.2 Å². The Labute approximate surface area is 168 Å². The Kier molecular flexibility index (Phi) is 7.47. The van der Waals surface area contributed by atoms with E-state index in [1.165, 1.54) is 0 Å². The highest BCUT2D eigenvalue weighted by Gasteiger charge is 2.23. The number of nitrogens with one attached hydrogen (secondary N) is 3. The van der Waals surface area contributed by atoms with E-state index < -0.39 is 11.9 Å². The zero-order valence-corrected chi connectivity index (χ0v) is 16.6. The van der Waals surface area contributed by atoms with Gasteiger partial charge in [0.2, 0.25) is 5.91 Å². The van der Waals surface area contributed by atoms with E-state index in [0.717, 1.165) is 5.56 Å². The number of hydrogen-bond donors (Lipinski definition) is 4. The topological polar surface area (TPSA) is 96.2 Å². The minimum atomic E-state index is -0.708. The monoisotopic (exact) mass is 408 g/mol. The van der Waals surface area contributed by atoms with Gasteiger partial charge in [-0.15, -0.1) is 0 Å². The molecule has 6 nitrogen and oxygen atoms in total. The molecular weight excluding hydrogens is 387 g/mol. The van der Waals surface area contributed by atoms with Crippen molar-refractivity contribution in [2.24, 2.45) is 11.8 Å². The summed E-state index contributed by atoms with van der Waals surface area (Å²) in [6.07, 6.45) is 0.0757. The van der Waals surface area contributed by atoms with Gasteiger partial charge in [0.05, 0.1) is 22.2 Å². The van der Waals surface area contributed by atoms with Crippen molar-refractivity contribution >= 4 is 46.4 Å². The van der Waals surface area contributed by atoms with Gasteiger partial charge in [-0.1, -0.05) is 61.3 Å². The summed E-state index contributed by atoms with van der Waals surface area (Å²) in [6.45, 7) is 3.66. The van der Waals surface area contributed by atoms with Crippen molar-refractivity contribution in [1.82, 2.24) is 10.7 Å². The van der Waals surface area contributed by atoms with Gasteiger partial charge in [-0.2, -0.15) is 0 Å². The smallest absolute Gasteiger partial charge is 0.256 e. The molecule has 0 aliphatic rings. The lowest BCUT2D eigenvalue weighted by Gasteiger charge is -2.21. The van der Waals surface area contributed by atoms with Gasteiger partial charge in [0.15, 0.2) is 0 Å². The second-order valence-electron chi connectivity index (χ2n) is 6.35. The molecule has 2 aromatic rings. The van der Waals surface area contributed by atoms with E-state index >= 15 is 0 Å². The van der Waals surface area contributed by atoms with Crippen molar-refractivity contribution in [1.29, 1.82) is 0 Å². The Morgan fingerprint density at radius 1 is 1.04 bits per heavy atom. The molecule has 27 heavy (non-hydrogen) atoms. The molecule has 0 radical (unpaired) electrons. The first-order chi connectivity index (χ1) is 12.8. The SMILES string of the molecule is CC(C)C(NC(=O)Cc1ccccc1Nc1c(Cl)cccc1Cl)C(=O)NN. The van der Waals surface area contributed by atoms with Crippen molar-refractivity contribution in [3.63, 3.8) is 0 Å². The van der Waals surface area contributed by atoms with Gasteiger partial charge >= 0.3 is 0 Å². The summed E-state index contributed by atoms with van der Waals surface area (Å²) in [5, 5.41) is 6.85. The van der Waals surface area contributed by atoms with Crippen LogP contribution in [-0.4, -0.2) is 17.9 Å². The van der Waals surface area contributed by atoms with Crippen LogP contribution in [0, 0.1) is 5.92 Å². The number of para-hydroxylation sites is 2. The number of hydrogen-bond acceptors (Lipinski definition) is 4. The molecule has 1 atom stereocenters. The minimum absolute atomic E-state index is 0.0757. The zero-order valence-electron chi connectivity index (χ0n) is 15.1. The zero-order chi connectivity index (χ0) is 20.0. The quantitative estimate of drug-likeness (QED) is 0.320. The Hall–Kier alpha value is -2.28. The van der Waals surface area contributed by atoms with Gasteiger partial charge in [-0.05, 0) is 29.7 Å². The number of benzene rings is 2. The molecule has 2 aromatic carbocycles. The Balaban J connectivity index is 2.18. The Morgan fingerprint density at radius 2 is 1.67 bits per heavy atom. The molecule has 0 spiro atoms. The molecule has 0 saturated heterocycles. The fourth-order valence-electron chi connectivity index (χ4n) is 2.57. The predicted octanol–water partition coefficient (Wildman–Crippen LogP) is 3.41. The molecule has 0 aromatic heterocycles. The van der Waals surface area contributed by atoms with Crippen molar-refractivity contribution < 1.29 is 9.59 Å². The minimum Gasteiger partial charge on any atom is -0.353 e. The first kappa shape index (κ1) is 21.0. The van der Waals surface area contributed by atoms with Gasteiger partial charge in [0.25, 0.3) is 5.91 Å². The summed E-state index contributed by atoms with van der Waals surface area (Å²) < 4.78 is 0. The number of nitrogens with two attached hydrogens (primary N) is 1. The summed E-state index contributed by atoms with van der Waals surface area (Å²) >= 11 is 12.4. The normalized spacial score (nSPS) is 11.8. The van der Waals surface area contributed by atoms with Crippen LogP contribution in [0.2, 0.25) is 10.0 Å². The van der Waals surface area contributed by atoms with E-state index in [4.69, 9.17) is 29.0 Å². The number of halogens is 2. The highest BCUT2D eigenvalue weighted by Crippen LogP contribution is 2.33. The first-order valence-electron chi connectivity index (χ1n) is 8.42. The van der Waals surface area contributed by atoms with Crippen LogP contribution in [0.3, 0.4) is 0 Å². The number of rotatable bonds is 7. The van der Waals surface area contributed by atoms with Crippen LogP contribution in [0.25, 0.3) is 0 Å². The summed E-state index contributed by atoms with van der Waals surface area (Å²) in [5.41, 5.74) is 4.08. The molecule has 0 bridgehead atoms. The van der Waals surface area contributed by atoms with Crippen molar-refractivity contribution in [2.75, 3.05) is 5.32 Å². The second-order valence-corrected chi connectivity index (χ2v) is 7.17. The highest BCUT2D eigenvalue weighted by atomic mass is 35.5. The predicted molar refractivity (Wildman–Crippen MR) is 109 cm³/mol. The van der Waals surface area contributed by atoms with Crippen LogP contribution in [0.15, 0.2) is 42.5 Å². The van der Waals surface area contributed by atoms with Crippen molar-refractivity contribution in [3.8, 4) is 0 Å². The van der Waals surface area contributed by atoms with Crippen LogP contribution in [-0.2, 0) is 16.0 Å². The van der Waals surface area contributed by atoms with Gasteiger partial charge in [-0.25, -0.2) is 5.84 Å². The summed E-state index contributed by atoms with van der Waals surface area (Å²) in [5.74, 6) is 4.36. The van der Waals surface area contributed by atoms with Crippen LogP contribution < -0.4 is 21.9 Å². The molecule has 8 heteroatoms. The summed E-state index contributed by atoms with van der Waals surface area (Å²) in [6, 6.07) is 11.8. The number of carbonyl (C=O) groups is 2. The molecule has 2 rings (SSSR count). The molecular formula is C19H22Cl2N4O2. The molecule has 1 unspecified atom stereocenters. The lowest BCUT2D eigenvalue weighted by Crippen LogP contribution is -2.51. The van der Waals surface area contributed by atoms with E-state index in [0.29, 0.717) is 21.4 Å². The van der Waals surface area contributed by atoms with E-state index in [9.17, 15) is 9.59 Å². The molecule has 0 aliphatic heterocycles. The molecule has 144 valence electrons. The number of hydrazine groups is 1. The van der Waals surface area contributed by atoms with E-state index in [2.05, 4.69) is 16.1 Å². The maximum Gasteiger partial charge on any atom is 0.256 e.